The molecule has 0 radical (unpaired) electrons. The average Bonchev–Trinajstić information content (AvgIpc) is 2.47. The van der Waals surface area contributed by atoms with E-state index in [1.54, 1.807) is 0 Å². The third-order valence-electron chi connectivity index (χ3n) is 2.30. The smallest absolute Gasteiger partial charge is 0.387 e. The molecule has 0 aliphatic heterocycles. The molecular formula is C10H7BrF2O2. The molecule has 15 heavy (non-hydrogen) atoms. The first-order valence-electron chi connectivity index (χ1n) is 4.38. The van der Waals surface area contributed by atoms with Crippen LogP contribution in [0, 0.1) is 0 Å². The van der Waals surface area contributed by atoms with Crippen molar-refractivity contribution in [3.05, 3.63) is 27.7 Å². The first-order chi connectivity index (χ1) is 7.08. The van der Waals surface area contributed by atoms with Gasteiger partial charge in [-0.1, -0.05) is 15.9 Å². The third-order valence-corrected chi connectivity index (χ3v) is 3.00. The maximum Gasteiger partial charge on any atom is 0.387 e. The van der Waals surface area contributed by atoms with Gasteiger partial charge in [0.25, 0.3) is 0 Å². The van der Waals surface area contributed by atoms with Gasteiger partial charge in [0.05, 0.1) is 0 Å². The largest absolute Gasteiger partial charge is 0.435 e. The normalized spacial score (nSPS) is 14.5. The number of carbonyl (C=O) groups is 1. The average molecular weight is 277 g/mol. The molecule has 1 aliphatic carbocycles. The zero-order valence-electron chi connectivity index (χ0n) is 7.60. The Balaban J connectivity index is 2.41. The first kappa shape index (κ1) is 10.5. The minimum Gasteiger partial charge on any atom is -0.435 e. The van der Waals surface area contributed by atoms with Crippen molar-refractivity contribution in [1.29, 1.82) is 0 Å². The number of halogens is 3. The minimum absolute atomic E-state index is 0.0193. The van der Waals surface area contributed by atoms with Crippen LogP contribution >= 0.6 is 15.9 Å². The second kappa shape index (κ2) is 3.89. The second-order valence-corrected chi connectivity index (χ2v) is 4.09. The highest BCUT2D eigenvalue weighted by molar-refractivity contribution is 9.10. The molecule has 80 valence electrons. The first-order valence-corrected chi connectivity index (χ1v) is 5.17. The van der Waals surface area contributed by atoms with E-state index in [4.69, 9.17) is 0 Å². The predicted octanol–water partition coefficient (Wildman–Crippen LogP) is 3.18. The van der Waals surface area contributed by atoms with Crippen molar-refractivity contribution in [1.82, 2.24) is 0 Å². The lowest BCUT2D eigenvalue weighted by atomic mass is 10.1. The quantitative estimate of drug-likeness (QED) is 0.829. The van der Waals surface area contributed by atoms with Crippen molar-refractivity contribution < 1.29 is 18.3 Å². The van der Waals surface area contributed by atoms with Crippen LogP contribution in [0.15, 0.2) is 16.6 Å². The standard InChI is InChI=1S/C10H7BrF2O2/c11-8-4-5(15-10(12)13)3-7-6(8)1-2-9(7)14/h3-4,10H,1-2H2. The Labute approximate surface area is 93.4 Å². The van der Waals surface area contributed by atoms with Gasteiger partial charge in [0.2, 0.25) is 0 Å². The Kier molecular flexibility index (Phi) is 2.73. The topological polar surface area (TPSA) is 26.3 Å². The number of Topliss-reactive ketones (excluding diaryl/α,β-unsaturated/α-hetero) is 1. The highest BCUT2D eigenvalue weighted by Gasteiger charge is 2.23. The molecule has 0 saturated carbocycles. The van der Waals surface area contributed by atoms with Gasteiger partial charge in [-0.25, -0.2) is 0 Å². The van der Waals surface area contributed by atoms with Crippen LogP contribution in [0.25, 0.3) is 0 Å². The van der Waals surface area contributed by atoms with E-state index >= 15 is 0 Å². The van der Waals surface area contributed by atoms with Crippen molar-refractivity contribution in [3.63, 3.8) is 0 Å². The van der Waals surface area contributed by atoms with Crippen LogP contribution < -0.4 is 4.74 Å². The molecule has 0 fully saturated rings. The van der Waals surface area contributed by atoms with E-state index in [0.29, 0.717) is 22.9 Å². The van der Waals surface area contributed by atoms with Gasteiger partial charge in [0, 0.05) is 16.5 Å². The lowest BCUT2D eigenvalue weighted by molar-refractivity contribution is -0.0499. The van der Waals surface area contributed by atoms with Crippen LogP contribution in [0.2, 0.25) is 0 Å². The molecule has 0 bridgehead atoms. The summed E-state index contributed by atoms with van der Waals surface area (Å²) in [6, 6.07) is 2.84. The van der Waals surface area contributed by atoms with Crippen LogP contribution in [0.5, 0.6) is 5.75 Å². The minimum atomic E-state index is -2.87. The molecule has 0 unspecified atom stereocenters. The highest BCUT2D eigenvalue weighted by Crippen LogP contribution is 2.33. The van der Waals surface area contributed by atoms with E-state index in [2.05, 4.69) is 20.7 Å². The number of ketones is 1. The Morgan fingerprint density at radius 2 is 2.07 bits per heavy atom. The molecule has 1 aromatic rings. The number of hydrogen-bond donors (Lipinski definition) is 0. The van der Waals surface area contributed by atoms with Crippen LogP contribution in [-0.2, 0) is 6.42 Å². The Bertz CT molecular complexity index is 418. The maximum atomic E-state index is 12.0. The zero-order valence-corrected chi connectivity index (χ0v) is 9.18. The number of fused-ring (bicyclic) bond motifs is 1. The summed E-state index contributed by atoms with van der Waals surface area (Å²) in [5, 5.41) is 0. The maximum absolute atomic E-state index is 12.0. The fourth-order valence-electron chi connectivity index (χ4n) is 1.66. The molecule has 2 nitrogen and oxygen atoms in total. The van der Waals surface area contributed by atoms with Gasteiger partial charge >= 0.3 is 6.61 Å². The molecule has 2 rings (SSSR count). The zero-order chi connectivity index (χ0) is 11.0. The summed E-state index contributed by atoms with van der Waals surface area (Å²) in [7, 11) is 0. The summed E-state index contributed by atoms with van der Waals surface area (Å²) in [5.41, 5.74) is 1.36. The number of benzene rings is 1. The van der Waals surface area contributed by atoms with Crippen LogP contribution in [0.4, 0.5) is 8.78 Å². The van der Waals surface area contributed by atoms with E-state index in [-0.39, 0.29) is 11.5 Å². The molecule has 0 heterocycles. The van der Waals surface area contributed by atoms with E-state index in [0.717, 1.165) is 5.56 Å². The van der Waals surface area contributed by atoms with Crippen molar-refractivity contribution >= 4 is 21.7 Å². The number of ether oxygens (including phenoxy) is 1. The number of alkyl halides is 2. The summed E-state index contributed by atoms with van der Waals surface area (Å²) < 4.78 is 28.9. The van der Waals surface area contributed by atoms with Gasteiger partial charge in [-0.2, -0.15) is 8.78 Å². The van der Waals surface area contributed by atoms with Gasteiger partial charge in [0.1, 0.15) is 5.75 Å². The molecule has 1 aromatic carbocycles. The Morgan fingerprint density at radius 1 is 1.33 bits per heavy atom. The molecule has 0 aromatic heterocycles. The van der Waals surface area contributed by atoms with Gasteiger partial charge in [-0.3, -0.25) is 4.79 Å². The van der Waals surface area contributed by atoms with Crippen molar-refractivity contribution in [2.45, 2.75) is 19.5 Å². The molecule has 5 heteroatoms. The molecular weight excluding hydrogens is 270 g/mol. The summed E-state index contributed by atoms with van der Waals surface area (Å²) in [4.78, 5) is 11.4. The van der Waals surface area contributed by atoms with Crippen LogP contribution in [0.1, 0.15) is 22.3 Å². The Hall–Kier alpha value is -0.970. The number of rotatable bonds is 2. The van der Waals surface area contributed by atoms with Crippen molar-refractivity contribution in [3.8, 4) is 5.75 Å². The summed E-state index contributed by atoms with van der Waals surface area (Å²) in [5.74, 6) is -0.00343. The summed E-state index contributed by atoms with van der Waals surface area (Å²) >= 11 is 3.24. The monoisotopic (exact) mass is 276 g/mol. The molecule has 0 N–H and O–H groups in total. The number of carbonyl (C=O) groups excluding carboxylic acids is 1. The SMILES string of the molecule is O=C1CCc2c(Br)cc(OC(F)F)cc21. The van der Waals surface area contributed by atoms with Crippen LogP contribution in [0.3, 0.4) is 0 Å². The van der Waals surface area contributed by atoms with E-state index in [1.807, 2.05) is 0 Å². The van der Waals surface area contributed by atoms with Gasteiger partial charge in [-0.15, -0.1) is 0 Å². The Morgan fingerprint density at radius 3 is 2.73 bits per heavy atom. The van der Waals surface area contributed by atoms with Crippen molar-refractivity contribution in [2.24, 2.45) is 0 Å². The molecule has 0 spiro atoms. The lowest BCUT2D eigenvalue weighted by Crippen LogP contribution is -2.03. The van der Waals surface area contributed by atoms with E-state index in [9.17, 15) is 13.6 Å². The molecule has 0 saturated heterocycles. The van der Waals surface area contributed by atoms with E-state index in [1.165, 1.54) is 12.1 Å². The van der Waals surface area contributed by atoms with Gasteiger partial charge in [0.15, 0.2) is 5.78 Å². The predicted molar refractivity (Wildman–Crippen MR) is 53.4 cm³/mol. The third kappa shape index (κ3) is 2.02. The summed E-state index contributed by atoms with van der Waals surface area (Å²) in [6.07, 6.45) is 1.09. The van der Waals surface area contributed by atoms with Gasteiger partial charge < -0.3 is 4.74 Å². The summed E-state index contributed by atoms with van der Waals surface area (Å²) in [6.45, 7) is -2.87. The fraction of sp³-hybridized carbons (Fsp3) is 0.300. The number of hydrogen-bond acceptors (Lipinski definition) is 2. The lowest BCUT2D eigenvalue weighted by Gasteiger charge is -2.07. The molecule has 0 atom stereocenters. The van der Waals surface area contributed by atoms with Crippen LogP contribution in [-0.4, -0.2) is 12.4 Å². The van der Waals surface area contributed by atoms with Crippen molar-refractivity contribution in [2.75, 3.05) is 0 Å². The molecule has 1 aliphatic rings. The second-order valence-electron chi connectivity index (χ2n) is 3.23. The van der Waals surface area contributed by atoms with Gasteiger partial charge in [-0.05, 0) is 24.1 Å². The molecule has 0 amide bonds. The van der Waals surface area contributed by atoms with E-state index < -0.39 is 6.61 Å². The fourth-order valence-corrected chi connectivity index (χ4v) is 2.30. The highest BCUT2D eigenvalue weighted by atomic mass is 79.9.